The fourth-order valence-corrected chi connectivity index (χ4v) is 2.94. The summed E-state index contributed by atoms with van der Waals surface area (Å²) in [6.45, 7) is 3.62. The first kappa shape index (κ1) is 14.5. The first-order chi connectivity index (χ1) is 7.80. The standard InChI is InChI=1S/C11H16BrNO3S/c1-11(2,8-12)13-17(14,15)10-6-4-9(16-3)5-7-10/h4-7,13H,8H2,1-3H3. The highest BCUT2D eigenvalue weighted by Crippen LogP contribution is 2.18. The lowest BCUT2D eigenvalue weighted by atomic mass is 10.1. The predicted octanol–water partition coefficient (Wildman–Crippen LogP) is 2.15. The van der Waals surface area contributed by atoms with E-state index in [1.54, 1.807) is 12.1 Å². The molecule has 96 valence electrons. The molecule has 17 heavy (non-hydrogen) atoms. The fraction of sp³-hybridized carbons (Fsp3) is 0.455. The van der Waals surface area contributed by atoms with Crippen LogP contribution >= 0.6 is 15.9 Å². The summed E-state index contributed by atoms with van der Waals surface area (Å²) in [5.74, 6) is 0.628. The van der Waals surface area contributed by atoms with Gasteiger partial charge in [0.15, 0.2) is 0 Å². The van der Waals surface area contributed by atoms with Crippen LogP contribution in [-0.4, -0.2) is 26.4 Å². The molecule has 0 aliphatic heterocycles. The van der Waals surface area contributed by atoms with Gasteiger partial charge in [-0.25, -0.2) is 13.1 Å². The van der Waals surface area contributed by atoms with E-state index in [0.717, 1.165) is 0 Å². The maximum atomic E-state index is 12.0. The van der Waals surface area contributed by atoms with Crippen LogP contribution in [0.4, 0.5) is 0 Å². The van der Waals surface area contributed by atoms with Crippen molar-refractivity contribution in [2.24, 2.45) is 0 Å². The zero-order valence-electron chi connectivity index (χ0n) is 10.0. The molecule has 0 fully saturated rings. The zero-order valence-corrected chi connectivity index (χ0v) is 12.4. The molecule has 0 heterocycles. The van der Waals surface area contributed by atoms with E-state index < -0.39 is 15.6 Å². The first-order valence-electron chi connectivity index (χ1n) is 5.05. The van der Waals surface area contributed by atoms with Crippen LogP contribution in [0.15, 0.2) is 29.2 Å². The minimum absolute atomic E-state index is 0.229. The molecule has 1 N–H and O–H groups in total. The number of nitrogens with one attached hydrogen (secondary N) is 1. The van der Waals surface area contributed by atoms with Crippen LogP contribution in [0.1, 0.15) is 13.8 Å². The van der Waals surface area contributed by atoms with E-state index in [1.807, 2.05) is 13.8 Å². The van der Waals surface area contributed by atoms with Gasteiger partial charge in [-0.3, -0.25) is 0 Å². The van der Waals surface area contributed by atoms with Gasteiger partial charge in [0.1, 0.15) is 5.75 Å². The first-order valence-corrected chi connectivity index (χ1v) is 7.65. The topological polar surface area (TPSA) is 55.4 Å². The second-order valence-corrected chi connectivity index (χ2v) is 6.54. The highest BCUT2D eigenvalue weighted by Gasteiger charge is 2.24. The lowest BCUT2D eigenvalue weighted by molar-refractivity contribution is 0.414. The van der Waals surface area contributed by atoms with E-state index >= 15 is 0 Å². The zero-order chi connectivity index (χ0) is 13.1. The quantitative estimate of drug-likeness (QED) is 0.845. The van der Waals surface area contributed by atoms with E-state index in [9.17, 15) is 8.42 Å². The maximum Gasteiger partial charge on any atom is 0.241 e. The number of hydrogen-bond acceptors (Lipinski definition) is 3. The normalized spacial score (nSPS) is 12.5. The third-order valence-electron chi connectivity index (χ3n) is 2.11. The molecule has 1 aromatic rings. The van der Waals surface area contributed by atoms with Crippen molar-refractivity contribution in [3.8, 4) is 5.75 Å². The molecule has 0 atom stereocenters. The average molecular weight is 322 g/mol. The summed E-state index contributed by atoms with van der Waals surface area (Å²) in [6, 6.07) is 6.28. The van der Waals surface area contributed by atoms with Crippen molar-refractivity contribution in [1.82, 2.24) is 4.72 Å². The summed E-state index contributed by atoms with van der Waals surface area (Å²) in [5.41, 5.74) is -0.529. The van der Waals surface area contributed by atoms with E-state index in [4.69, 9.17) is 4.74 Å². The van der Waals surface area contributed by atoms with Gasteiger partial charge in [0.05, 0.1) is 12.0 Å². The largest absolute Gasteiger partial charge is 0.497 e. The molecule has 0 aromatic heterocycles. The smallest absolute Gasteiger partial charge is 0.241 e. The van der Waals surface area contributed by atoms with Gasteiger partial charge in [-0.2, -0.15) is 0 Å². The summed E-state index contributed by atoms with van der Waals surface area (Å²) < 4.78 is 31.7. The molecule has 0 aliphatic rings. The summed E-state index contributed by atoms with van der Waals surface area (Å²) in [7, 11) is -1.95. The fourth-order valence-electron chi connectivity index (χ4n) is 1.20. The van der Waals surface area contributed by atoms with E-state index in [2.05, 4.69) is 20.7 Å². The van der Waals surface area contributed by atoms with Gasteiger partial charge >= 0.3 is 0 Å². The van der Waals surface area contributed by atoms with Crippen molar-refractivity contribution in [2.75, 3.05) is 12.4 Å². The minimum Gasteiger partial charge on any atom is -0.497 e. The number of halogens is 1. The molecule has 0 bridgehead atoms. The van der Waals surface area contributed by atoms with Crippen LogP contribution in [0.5, 0.6) is 5.75 Å². The molecule has 6 heteroatoms. The Kier molecular flexibility index (Phi) is 4.57. The summed E-state index contributed by atoms with van der Waals surface area (Å²) in [5, 5.41) is 0.537. The number of rotatable bonds is 5. The maximum absolute atomic E-state index is 12.0. The number of benzene rings is 1. The van der Waals surface area contributed by atoms with Crippen molar-refractivity contribution >= 4 is 26.0 Å². The number of hydrogen-bond donors (Lipinski definition) is 1. The molecule has 0 spiro atoms. The van der Waals surface area contributed by atoms with Crippen LogP contribution in [0.2, 0.25) is 0 Å². The van der Waals surface area contributed by atoms with Crippen LogP contribution in [-0.2, 0) is 10.0 Å². The molecule has 1 rings (SSSR count). The van der Waals surface area contributed by atoms with Gasteiger partial charge in [-0.15, -0.1) is 0 Å². The lowest BCUT2D eigenvalue weighted by Gasteiger charge is -2.23. The van der Waals surface area contributed by atoms with Crippen molar-refractivity contribution in [2.45, 2.75) is 24.3 Å². The Balaban J connectivity index is 2.97. The average Bonchev–Trinajstić information content (AvgIpc) is 2.28. The van der Waals surface area contributed by atoms with Crippen molar-refractivity contribution in [1.29, 1.82) is 0 Å². The molecular formula is C11H16BrNO3S. The highest BCUT2D eigenvalue weighted by molar-refractivity contribution is 9.09. The second kappa shape index (κ2) is 5.37. The summed E-state index contributed by atoms with van der Waals surface area (Å²) in [6.07, 6.45) is 0. The van der Waals surface area contributed by atoms with Crippen molar-refractivity contribution in [3.05, 3.63) is 24.3 Å². The molecule has 4 nitrogen and oxygen atoms in total. The predicted molar refractivity (Wildman–Crippen MR) is 71.2 cm³/mol. The third-order valence-corrected chi connectivity index (χ3v) is 5.23. The molecule has 0 saturated carbocycles. The van der Waals surface area contributed by atoms with E-state index in [0.29, 0.717) is 11.1 Å². The lowest BCUT2D eigenvalue weighted by Crippen LogP contribution is -2.44. The second-order valence-electron chi connectivity index (χ2n) is 4.30. The Hall–Kier alpha value is -0.590. The van der Waals surface area contributed by atoms with Crippen LogP contribution in [0.25, 0.3) is 0 Å². The SMILES string of the molecule is COc1ccc(S(=O)(=O)NC(C)(C)CBr)cc1. The van der Waals surface area contributed by atoms with Crippen molar-refractivity contribution < 1.29 is 13.2 Å². The monoisotopic (exact) mass is 321 g/mol. The minimum atomic E-state index is -3.49. The van der Waals surface area contributed by atoms with Crippen molar-refractivity contribution in [3.63, 3.8) is 0 Å². The molecule has 0 radical (unpaired) electrons. The number of alkyl halides is 1. The molecule has 0 unspecified atom stereocenters. The highest BCUT2D eigenvalue weighted by atomic mass is 79.9. The summed E-state index contributed by atoms with van der Waals surface area (Å²) in [4.78, 5) is 0.229. The van der Waals surface area contributed by atoms with Gasteiger partial charge in [0.25, 0.3) is 0 Å². The Bertz CT molecular complexity index is 468. The van der Waals surface area contributed by atoms with Crippen LogP contribution < -0.4 is 9.46 Å². The van der Waals surface area contributed by atoms with Crippen LogP contribution in [0, 0.1) is 0 Å². The van der Waals surface area contributed by atoms with Gasteiger partial charge in [-0.1, -0.05) is 15.9 Å². The van der Waals surface area contributed by atoms with E-state index in [-0.39, 0.29) is 4.90 Å². The van der Waals surface area contributed by atoms with Gasteiger partial charge < -0.3 is 4.74 Å². The van der Waals surface area contributed by atoms with Gasteiger partial charge in [0.2, 0.25) is 10.0 Å². The molecular weight excluding hydrogens is 306 g/mol. The molecule has 0 saturated heterocycles. The third kappa shape index (κ3) is 3.97. The summed E-state index contributed by atoms with van der Waals surface area (Å²) >= 11 is 3.27. The Morgan fingerprint density at radius 1 is 1.29 bits per heavy atom. The molecule has 0 aliphatic carbocycles. The van der Waals surface area contributed by atoms with Gasteiger partial charge in [0, 0.05) is 10.9 Å². The van der Waals surface area contributed by atoms with E-state index in [1.165, 1.54) is 19.2 Å². The number of ether oxygens (including phenoxy) is 1. The number of sulfonamides is 1. The molecule has 0 amide bonds. The van der Waals surface area contributed by atoms with Crippen LogP contribution in [0.3, 0.4) is 0 Å². The number of methoxy groups -OCH3 is 1. The Morgan fingerprint density at radius 2 is 1.82 bits per heavy atom. The Labute approximate surface area is 111 Å². The van der Waals surface area contributed by atoms with Gasteiger partial charge in [-0.05, 0) is 38.1 Å². The Morgan fingerprint density at radius 3 is 2.24 bits per heavy atom. The molecule has 1 aromatic carbocycles.